The summed E-state index contributed by atoms with van der Waals surface area (Å²) < 4.78 is 6.57. The van der Waals surface area contributed by atoms with E-state index in [2.05, 4.69) is 5.10 Å². The van der Waals surface area contributed by atoms with Crippen molar-refractivity contribution >= 4 is 17.6 Å². The van der Waals surface area contributed by atoms with Gasteiger partial charge in [0, 0.05) is 23.2 Å². The van der Waals surface area contributed by atoms with Crippen molar-refractivity contribution in [2.24, 2.45) is 5.73 Å². The van der Waals surface area contributed by atoms with Crippen LogP contribution < -0.4 is 11.3 Å². The summed E-state index contributed by atoms with van der Waals surface area (Å²) in [6.45, 7) is 5.29. The molecule has 0 unspecified atom stereocenters. The number of nitrogens with zero attached hydrogens (tertiary/aromatic N) is 1. The number of halogens is 1. The molecule has 1 atom stereocenters. The van der Waals surface area contributed by atoms with Crippen molar-refractivity contribution in [3.63, 3.8) is 0 Å². The first-order valence-electron chi connectivity index (χ1n) is 7.21. The van der Waals surface area contributed by atoms with E-state index in [-0.39, 0.29) is 12.0 Å². The molecular weight excluding hydrogens is 318 g/mol. The molecule has 1 heterocycles. The molecule has 23 heavy (non-hydrogen) atoms. The Bertz CT molecular complexity index is 758. The van der Waals surface area contributed by atoms with Gasteiger partial charge in [-0.15, -0.1) is 0 Å². The van der Waals surface area contributed by atoms with Crippen LogP contribution in [0.4, 0.5) is 0 Å². The first kappa shape index (κ1) is 17.3. The van der Waals surface area contributed by atoms with Crippen LogP contribution in [0.2, 0.25) is 5.02 Å². The third-order valence-corrected chi connectivity index (χ3v) is 3.30. The van der Waals surface area contributed by atoms with Crippen molar-refractivity contribution < 1.29 is 9.53 Å². The number of nitrogens with two attached hydrogens (primary N) is 1. The molecule has 0 bridgehead atoms. The maximum absolute atomic E-state index is 12.4. The van der Waals surface area contributed by atoms with E-state index in [9.17, 15) is 9.59 Å². The SMILES string of the molecule is CC(C)(C)OC(=O)[C@@H](N)Cc1c[nH]n(-c2cccc(Cl)c2)c1=O. The first-order chi connectivity index (χ1) is 10.7. The molecule has 2 aromatic rings. The summed E-state index contributed by atoms with van der Waals surface area (Å²) in [4.78, 5) is 24.3. The van der Waals surface area contributed by atoms with Crippen LogP contribution in [-0.2, 0) is 16.0 Å². The summed E-state index contributed by atoms with van der Waals surface area (Å²) in [5, 5.41) is 3.37. The highest BCUT2D eigenvalue weighted by molar-refractivity contribution is 6.30. The number of esters is 1. The Morgan fingerprint density at radius 1 is 1.43 bits per heavy atom. The van der Waals surface area contributed by atoms with E-state index in [4.69, 9.17) is 22.1 Å². The van der Waals surface area contributed by atoms with Gasteiger partial charge in [-0.25, -0.2) is 4.68 Å². The van der Waals surface area contributed by atoms with Crippen molar-refractivity contribution in [3.8, 4) is 5.69 Å². The first-order valence-corrected chi connectivity index (χ1v) is 7.59. The Morgan fingerprint density at radius 2 is 2.13 bits per heavy atom. The molecule has 2 rings (SSSR count). The molecular formula is C16H20ClN3O3. The van der Waals surface area contributed by atoms with Crippen molar-refractivity contribution in [1.29, 1.82) is 0 Å². The van der Waals surface area contributed by atoms with E-state index in [0.29, 0.717) is 16.3 Å². The molecule has 1 aromatic heterocycles. The quantitative estimate of drug-likeness (QED) is 0.835. The van der Waals surface area contributed by atoms with E-state index in [1.165, 1.54) is 10.9 Å². The highest BCUT2D eigenvalue weighted by Gasteiger charge is 2.23. The van der Waals surface area contributed by atoms with Crippen molar-refractivity contribution in [1.82, 2.24) is 9.78 Å². The molecule has 0 spiro atoms. The summed E-state index contributed by atoms with van der Waals surface area (Å²) >= 11 is 5.93. The zero-order valence-corrected chi connectivity index (χ0v) is 14.1. The minimum atomic E-state index is -0.898. The molecule has 3 N–H and O–H groups in total. The van der Waals surface area contributed by atoms with Gasteiger partial charge in [-0.3, -0.25) is 14.7 Å². The van der Waals surface area contributed by atoms with E-state index >= 15 is 0 Å². The zero-order chi connectivity index (χ0) is 17.2. The number of ether oxygens (including phenoxy) is 1. The predicted octanol–water partition coefficient (Wildman–Crippen LogP) is 2.03. The Hall–Kier alpha value is -2.05. The topological polar surface area (TPSA) is 90.1 Å². The number of hydrogen-bond acceptors (Lipinski definition) is 4. The lowest BCUT2D eigenvalue weighted by Gasteiger charge is -2.21. The fourth-order valence-electron chi connectivity index (χ4n) is 2.06. The van der Waals surface area contributed by atoms with Gasteiger partial charge in [-0.05, 0) is 39.0 Å². The lowest BCUT2D eigenvalue weighted by atomic mass is 10.1. The number of hydrogen-bond donors (Lipinski definition) is 2. The second-order valence-electron chi connectivity index (χ2n) is 6.26. The minimum absolute atomic E-state index is 0.0951. The lowest BCUT2D eigenvalue weighted by molar-refractivity contribution is -0.156. The van der Waals surface area contributed by atoms with E-state index in [0.717, 1.165) is 0 Å². The number of benzene rings is 1. The van der Waals surface area contributed by atoms with Crippen LogP contribution in [0.1, 0.15) is 26.3 Å². The third-order valence-electron chi connectivity index (χ3n) is 3.06. The molecule has 0 radical (unpaired) electrons. The number of carbonyl (C=O) groups excluding carboxylic acids is 1. The van der Waals surface area contributed by atoms with Crippen LogP contribution in [0.15, 0.2) is 35.3 Å². The maximum atomic E-state index is 12.4. The Morgan fingerprint density at radius 3 is 2.74 bits per heavy atom. The highest BCUT2D eigenvalue weighted by atomic mass is 35.5. The Labute approximate surface area is 139 Å². The van der Waals surface area contributed by atoms with Gasteiger partial charge in [0.15, 0.2) is 0 Å². The van der Waals surface area contributed by atoms with Crippen LogP contribution in [0, 0.1) is 0 Å². The molecule has 1 aromatic carbocycles. The zero-order valence-electron chi connectivity index (χ0n) is 13.3. The summed E-state index contributed by atoms with van der Waals surface area (Å²) in [7, 11) is 0. The highest BCUT2D eigenvalue weighted by Crippen LogP contribution is 2.13. The monoisotopic (exact) mass is 337 g/mol. The molecule has 124 valence electrons. The Balaban J connectivity index is 2.17. The van der Waals surface area contributed by atoms with Crippen molar-refractivity contribution in [2.45, 2.75) is 38.8 Å². The predicted molar refractivity (Wildman–Crippen MR) is 88.9 cm³/mol. The molecule has 0 amide bonds. The van der Waals surface area contributed by atoms with Gasteiger partial charge >= 0.3 is 5.97 Å². The van der Waals surface area contributed by atoms with Crippen LogP contribution in [0.25, 0.3) is 5.69 Å². The summed E-state index contributed by atoms with van der Waals surface area (Å²) in [5.41, 5.74) is 5.97. The number of aromatic amines is 1. The van der Waals surface area contributed by atoms with E-state index in [1.54, 1.807) is 45.0 Å². The number of carbonyl (C=O) groups is 1. The van der Waals surface area contributed by atoms with Gasteiger partial charge in [-0.2, -0.15) is 0 Å². The molecule has 6 nitrogen and oxygen atoms in total. The van der Waals surface area contributed by atoms with Crippen molar-refractivity contribution in [2.75, 3.05) is 0 Å². The van der Waals surface area contributed by atoms with Crippen molar-refractivity contribution in [3.05, 3.63) is 51.4 Å². The number of aromatic nitrogens is 2. The molecule has 0 aliphatic heterocycles. The molecule has 0 saturated carbocycles. The molecule has 0 aliphatic carbocycles. The second-order valence-corrected chi connectivity index (χ2v) is 6.70. The van der Waals surface area contributed by atoms with Gasteiger partial charge < -0.3 is 10.5 Å². The fraction of sp³-hybridized carbons (Fsp3) is 0.375. The largest absolute Gasteiger partial charge is 0.459 e. The number of rotatable bonds is 4. The van der Waals surface area contributed by atoms with Gasteiger partial charge in [0.25, 0.3) is 5.56 Å². The smallest absolute Gasteiger partial charge is 0.323 e. The van der Waals surface area contributed by atoms with Crippen LogP contribution >= 0.6 is 11.6 Å². The van der Waals surface area contributed by atoms with Crippen LogP contribution in [-0.4, -0.2) is 27.4 Å². The molecule has 0 aliphatic rings. The maximum Gasteiger partial charge on any atom is 0.323 e. The van der Waals surface area contributed by atoms with Gasteiger partial charge in [-0.1, -0.05) is 17.7 Å². The average molecular weight is 338 g/mol. The van der Waals surface area contributed by atoms with Gasteiger partial charge in [0.05, 0.1) is 5.69 Å². The summed E-state index contributed by atoms with van der Waals surface area (Å²) in [6, 6.07) is 5.99. The normalized spacial score (nSPS) is 12.9. The lowest BCUT2D eigenvalue weighted by Crippen LogP contribution is -2.39. The summed E-state index contributed by atoms with van der Waals surface area (Å²) in [5.74, 6) is -0.535. The van der Waals surface area contributed by atoms with Gasteiger partial charge in [0.2, 0.25) is 0 Å². The minimum Gasteiger partial charge on any atom is -0.459 e. The van der Waals surface area contributed by atoms with E-state index in [1.807, 2.05) is 0 Å². The number of H-pyrrole nitrogens is 1. The summed E-state index contributed by atoms with van der Waals surface area (Å²) in [6.07, 6.45) is 1.63. The molecule has 7 heteroatoms. The third kappa shape index (κ3) is 4.46. The molecule has 0 saturated heterocycles. The average Bonchev–Trinajstić information content (AvgIpc) is 2.78. The van der Waals surface area contributed by atoms with Crippen LogP contribution in [0.5, 0.6) is 0 Å². The van der Waals surface area contributed by atoms with Crippen LogP contribution in [0.3, 0.4) is 0 Å². The second kappa shape index (κ2) is 6.60. The fourth-order valence-corrected chi connectivity index (χ4v) is 2.24. The number of nitrogens with one attached hydrogen (secondary N) is 1. The Kier molecular flexibility index (Phi) is 4.97. The molecule has 0 fully saturated rings. The standard InChI is InChI=1S/C16H20ClN3O3/c1-16(2,3)23-15(22)13(18)7-10-9-19-20(14(10)21)12-6-4-5-11(17)8-12/h4-6,8-9,13,19H,7,18H2,1-3H3/t13-/m0/s1. The van der Waals surface area contributed by atoms with Gasteiger partial charge in [0.1, 0.15) is 11.6 Å². The van der Waals surface area contributed by atoms with E-state index < -0.39 is 17.6 Å².